The van der Waals surface area contributed by atoms with Gasteiger partial charge in [0.05, 0.1) is 5.39 Å². The molecule has 1 fully saturated rings. The molecule has 1 aliphatic rings. The van der Waals surface area contributed by atoms with Gasteiger partial charge in [-0.3, -0.25) is 9.36 Å². The van der Waals surface area contributed by atoms with E-state index in [9.17, 15) is 9.00 Å². The molecule has 1 saturated heterocycles. The Balaban J connectivity index is 2.09. The Hall–Kier alpha value is -1.47. The summed E-state index contributed by atoms with van der Waals surface area (Å²) in [4.78, 5) is 20.7. The van der Waals surface area contributed by atoms with Crippen LogP contribution in [0.15, 0.2) is 21.6 Å². The molecule has 1 aliphatic heterocycles. The van der Waals surface area contributed by atoms with Crippen LogP contribution >= 0.6 is 11.6 Å². The van der Waals surface area contributed by atoms with Crippen molar-refractivity contribution in [2.75, 3.05) is 18.6 Å². The number of pyridine rings is 1. The first kappa shape index (κ1) is 15.4. The first-order chi connectivity index (χ1) is 10.4. The van der Waals surface area contributed by atoms with Crippen LogP contribution in [-0.4, -0.2) is 37.3 Å². The van der Waals surface area contributed by atoms with Gasteiger partial charge < -0.3 is 0 Å². The Kier molecular flexibility index (Phi) is 3.94. The molecule has 3 heterocycles. The average molecular weight is 341 g/mol. The molecular formula is C14H17ClN4O2S. The standard InChI is InChI=1S/C14H17ClN4O2S/c1-16-22(21)5-3-9(4-6-22)10-7-11-12(15)17-8-18-13(11)19(2)14(10)20/h7-9H,3-6H2,1-2H3. The van der Waals surface area contributed by atoms with Gasteiger partial charge in [0.15, 0.2) is 0 Å². The average Bonchev–Trinajstić information content (AvgIpc) is 2.52. The third-order valence-electron chi connectivity index (χ3n) is 4.33. The van der Waals surface area contributed by atoms with E-state index in [0.29, 0.717) is 46.1 Å². The normalized spacial score (nSPS) is 25.3. The fourth-order valence-electron chi connectivity index (χ4n) is 2.95. The van der Waals surface area contributed by atoms with Crippen molar-refractivity contribution in [1.82, 2.24) is 14.5 Å². The Morgan fingerprint density at radius 1 is 1.36 bits per heavy atom. The van der Waals surface area contributed by atoms with Crippen LogP contribution in [0.25, 0.3) is 11.0 Å². The summed E-state index contributed by atoms with van der Waals surface area (Å²) in [6, 6.07) is 1.79. The lowest BCUT2D eigenvalue weighted by molar-refractivity contribution is 0.591. The number of rotatable bonds is 1. The minimum absolute atomic E-state index is 0.0749. The van der Waals surface area contributed by atoms with Crippen molar-refractivity contribution in [3.63, 3.8) is 0 Å². The van der Waals surface area contributed by atoms with Crippen LogP contribution in [0.2, 0.25) is 5.15 Å². The fourth-order valence-corrected chi connectivity index (χ4v) is 5.01. The molecular weight excluding hydrogens is 324 g/mol. The lowest BCUT2D eigenvalue weighted by Crippen LogP contribution is -2.29. The van der Waals surface area contributed by atoms with Crippen LogP contribution in [0.4, 0.5) is 0 Å². The van der Waals surface area contributed by atoms with Crippen molar-refractivity contribution in [1.29, 1.82) is 0 Å². The Morgan fingerprint density at radius 3 is 2.68 bits per heavy atom. The third kappa shape index (κ3) is 2.52. The highest BCUT2D eigenvalue weighted by Gasteiger charge is 2.26. The van der Waals surface area contributed by atoms with Crippen molar-refractivity contribution < 1.29 is 4.21 Å². The molecule has 2 aromatic rings. The van der Waals surface area contributed by atoms with Gasteiger partial charge in [0.25, 0.3) is 5.56 Å². The molecule has 0 radical (unpaired) electrons. The topological polar surface area (TPSA) is 77.2 Å². The highest BCUT2D eigenvalue weighted by atomic mass is 35.5. The zero-order valence-electron chi connectivity index (χ0n) is 12.5. The number of aryl methyl sites for hydroxylation is 1. The van der Waals surface area contributed by atoms with Crippen LogP contribution in [0, 0.1) is 0 Å². The largest absolute Gasteiger partial charge is 0.295 e. The van der Waals surface area contributed by atoms with Gasteiger partial charge in [0, 0.05) is 40.9 Å². The maximum atomic E-state index is 12.6. The van der Waals surface area contributed by atoms with Gasteiger partial charge in [-0.25, -0.2) is 18.5 Å². The lowest BCUT2D eigenvalue weighted by atomic mass is 9.94. The molecule has 0 unspecified atom stereocenters. The van der Waals surface area contributed by atoms with Crippen LogP contribution in [0.1, 0.15) is 24.3 Å². The maximum Gasteiger partial charge on any atom is 0.255 e. The minimum atomic E-state index is -2.08. The smallest absolute Gasteiger partial charge is 0.255 e. The first-order valence-corrected chi connectivity index (χ1v) is 9.29. The molecule has 0 saturated carbocycles. The number of hydrogen-bond donors (Lipinski definition) is 0. The van der Waals surface area contributed by atoms with E-state index in [1.807, 2.05) is 0 Å². The summed E-state index contributed by atoms with van der Waals surface area (Å²) in [5.41, 5.74) is 1.15. The van der Waals surface area contributed by atoms with E-state index in [1.165, 1.54) is 10.9 Å². The second-order valence-corrected chi connectivity index (χ2v) is 8.59. The van der Waals surface area contributed by atoms with Crippen LogP contribution in [-0.2, 0) is 16.8 Å². The fraction of sp³-hybridized carbons (Fsp3) is 0.500. The predicted octanol–water partition coefficient (Wildman–Crippen LogP) is 1.96. The number of fused-ring (bicyclic) bond motifs is 1. The minimum Gasteiger partial charge on any atom is -0.295 e. The van der Waals surface area contributed by atoms with Crippen LogP contribution in [0.3, 0.4) is 0 Å². The molecule has 0 spiro atoms. The van der Waals surface area contributed by atoms with E-state index in [0.717, 1.165) is 0 Å². The number of nitrogens with zero attached hydrogens (tertiary/aromatic N) is 4. The number of aromatic nitrogens is 3. The zero-order chi connectivity index (χ0) is 15.9. The Morgan fingerprint density at radius 2 is 2.05 bits per heavy atom. The van der Waals surface area contributed by atoms with Gasteiger partial charge in [-0.15, -0.1) is 0 Å². The van der Waals surface area contributed by atoms with Crippen LogP contribution < -0.4 is 5.56 Å². The molecule has 2 aromatic heterocycles. The molecule has 3 rings (SSSR count). The van der Waals surface area contributed by atoms with Crippen LogP contribution in [0.5, 0.6) is 0 Å². The van der Waals surface area contributed by atoms with Crippen molar-refractivity contribution in [2.45, 2.75) is 18.8 Å². The van der Waals surface area contributed by atoms with Crippen molar-refractivity contribution in [3.05, 3.63) is 33.5 Å². The molecule has 118 valence electrons. The zero-order valence-corrected chi connectivity index (χ0v) is 14.0. The molecule has 0 aromatic carbocycles. The summed E-state index contributed by atoms with van der Waals surface area (Å²) in [7, 11) is 1.21. The number of halogens is 1. The summed E-state index contributed by atoms with van der Waals surface area (Å²) in [5, 5.41) is 1.01. The second kappa shape index (κ2) is 5.62. The van der Waals surface area contributed by atoms with E-state index in [1.54, 1.807) is 20.2 Å². The lowest BCUT2D eigenvalue weighted by Gasteiger charge is -2.24. The van der Waals surface area contributed by atoms with E-state index < -0.39 is 9.73 Å². The Labute approximate surface area is 133 Å². The quantitative estimate of drug-likeness (QED) is 0.743. The molecule has 22 heavy (non-hydrogen) atoms. The van der Waals surface area contributed by atoms with Gasteiger partial charge in [-0.2, -0.15) is 0 Å². The highest BCUT2D eigenvalue weighted by molar-refractivity contribution is 7.93. The Bertz CT molecular complexity index is 901. The second-order valence-electron chi connectivity index (χ2n) is 5.50. The van der Waals surface area contributed by atoms with E-state index in [4.69, 9.17) is 11.6 Å². The monoisotopic (exact) mass is 340 g/mol. The predicted molar refractivity (Wildman–Crippen MR) is 88.0 cm³/mol. The summed E-state index contributed by atoms with van der Waals surface area (Å²) in [6.45, 7) is 0. The molecule has 0 atom stereocenters. The summed E-state index contributed by atoms with van der Waals surface area (Å²) in [5.74, 6) is 1.15. The molecule has 6 nitrogen and oxygen atoms in total. The van der Waals surface area contributed by atoms with E-state index in [2.05, 4.69) is 14.3 Å². The summed E-state index contributed by atoms with van der Waals surface area (Å²) < 4.78 is 17.8. The molecule has 8 heteroatoms. The highest BCUT2D eigenvalue weighted by Crippen LogP contribution is 2.30. The van der Waals surface area contributed by atoms with Crippen molar-refractivity contribution in [3.8, 4) is 0 Å². The molecule has 0 amide bonds. The number of hydrogen-bond acceptors (Lipinski definition) is 5. The molecule has 0 aliphatic carbocycles. The molecule has 0 bridgehead atoms. The maximum absolute atomic E-state index is 12.6. The van der Waals surface area contributed by atoms with Gasteiger partial charge in [0.2, 0.25) is 0 Å². The van der Waals surface area contributed by atoms with Crippen molar-refractivity contribution in [2.24, 2.45) is 11.4 Å². The SMILES string of the molecule is CN=S1(=O)CCC(c2cc3c(Cl)ncnc3n(C)c2=O)CC1. The molecule has 0 N–H and O–H groups in total. The summed E-state index contributed by atoms with van der Waals surface area (Å²) >= 11 is 6.13. The van der Waals surface area contributed by atoms with Gasteiger partial charge in [0.1, 0.15) is 17.1 Å². The van der Waals surface area contributed by atoms with E-state index >= 15 is 0 Å². The van der Waals surface area contributed by atoms with Gasteiger partial charge in [-0.1, -0.05) is 11.6 Å². The first-order valence-electron chi connectivity index (χ1n) is 7.06. The van der Waals surface area contributed by atoms with Gasteiger partial charge in [-0.05, 0) is 24.8 Å². The van der Waals surface area contributed by atoms with E-state index in [-0.39, 0.29) is 11.5 Å². The third-order valence-corrected chi connectivity index (χ3v) is 7.04. The van der Waals surface area contributed by atoms with Crippen molar-refractivity contribution >= 4 is 32.4 Å². The van der Waals surface area contributed by atoms with Gasteiger partial charge >= 0.3 is 0 Å². The summed E-state index contributed by atoms with van der Waals surface area (Å²) in [6.07, 6.45) is 2.74.